The maximum Gasteiger partial charge on any atom is 0.500 e. The maximum atomic E-state index is 12.0. The van der Waals surface area contributed by atoms with Gasteiger partial charge in [0.25, 0.3) is 0 Å². The smallest absolute Gasteiger partial charge is 0.395 e. The van der Waals surface area contributed by atoms with E-state index in [1.807, 2.05) is 41.2 Å². The van der Waals surface area contributed by atoms with Gasteiger partial charge in [-0.05, 0) is 84.4 Å². The highest BCUT2D eigenvalue weighted by Gasteiger charge is 2.39. The van der Waals surface area contributed by atoms with Gasteiger partial charge in [0.15, 0.2) is 0 Å². The topological polar surface area (TPSA) is 148 Å². The summed E-state index contributed by atoms with van der Waals surface area (Å²) in [7, 11) is -4.96. The molecule has 13 nitrogen and oxygen atoms in total. The Bertz CT molecular complexity index is 843. The first-order valence-corrected chi connectivity index (χ1v) is 18.3. The van der Waals surface area contributed by atoms with Crippen LogP contribution in [0.15, 0.2) is 34.6 Å². The quantitative estimate of drug-likeness (QED) is 0.0686. The van der Waals surface area contributed by atoms with E-state index in [4.69, 9.17) is 31.8 Å². The summed E-state index contributed by atoms with van der Waals surface area (Å²) < 4.78 is 29.0. The largest absolute Gasteiger partial charge is 0.500 e. The first-order valence-electron chi connectivity index (χ1n) is 13.9. The van der Waals surface area contributed by atoms with E-state index < -0.39 is 29.6 Å². The van der Waals surface area contributed by atoms with Crippen LogP contribution in [0.1, 0.15) is 47.5 Å². The molecule has 0 spiro atoms. The number of nitrogens with one attached hydrogen (secondary N) is 2. The number of hydrogen-bond donors (Lipinski definition) is 2. The first kappa shape index (κ1) is 35.6. The van der Waals surface area contributed by atoms with Crippen LogP contribution in [0, 0.1) is 0 Å². The molecule has 0 aromatic rings. The van der Waals surface area contributed by atoms with Crippen LogP contribution >= 0.6 is 0 Å². The number of rotatable bonds is 20. The molecule has 15 heteroatoms. The molecule has 2 N–H and O–H groups in total. The Morgan fingerprint density at radius 3 is 1.40 bits per heavy atom. The van der Waals surface area contributed by atoms with Crippen molar-refractivity contribution < 1.29 is 41.4 Å². The lowest BCUT2D eigenvalue weighted by Crippen LogP contribution is -2.46. The van der Waals surface area contributed by atoms with Gasteiger partial charge in [-0.25, -0.2) is 9.59 Å². The number of nitrogens with zero attached hydrogens (tertiary/aromatic N) is 2. The highest BCUT2D eigenvalue weighted by molar-refractivity contribution is 6.66. The number of oxime groups is 2. The number of amides is 2. The Kier molecular flexibility index (Phi) is 18.2. The van der Waals surface area contributed by atoms with Crippen molar-refractivity contribution in [2.75, 3.05) is 46.1 Å². The fourth-order valence-corrected chi connectivity index (χ4v) is 8.75. The van der Waals surface area contributed by atoms with Crippen molar-refractivity contribution in [3.05, 3.63) is 24.3 Å². The molecule has 0 atom stereocenters. The van der Waals surface area contributed by atoms with Crippen LogP contribution in [0.2, 0.25) is 18.6 Å². The van der Waals surface area contributed by atoms with Gasteiger partial charge in [-0.1, -0.05) is 10.3 Å². The minimum atomic E-state index is -2.75. The van der Waals surface area contributed by atoms with Crippen molar-refractivity contribution in [3.8, 4) is 0 Å². The Labute approximate surface area is 239 Å². The van der Waals surface area contributed by atoms with Gasteiger partial charge in [0.05, 0.1) is 0 Å². The second-order valence-corrected chi connectivity index (χ2v) is 14.6. The van der Waals surface area contributed by atoms with Crippen LogP contribution in [-0.2, 0) is 31.8 Å². The minimum absolute atomic E-state index is 0.355. The lowest BCUT2D eigenvalue weighted by atomic mass is 10.1. The van der Waals surface area contributed by atoms with Crippen molar-refractivity contribution in [1.29, 1.82) is 0 Å². The van der Waals surface area contributed by atoms with Crippen LogP contribution in [0.4, 0.5) is 9.59 Å². The SMILES string of the molecule is CCO[Si](C)(CCCNC(=O)ON=C1C=CC(=NOC(=O)NCCC[Si](OCC)(OCC)OCC)C=C1)OCC. The molecule has 228 valence electrons. The molecular formula is C25H46N4O9Si2. The molecule has 0 saturated carbocycles. The fourth-order valence-electron chi connectivity index (χ4n) is 3.72. The standard InChI is InChI=1S/C25H46N4O9Si2/c1-7-32-39(6,33-8-2)20-12-18-26-24(30)37-28-22-14-16-23(17-15-22)29-38-25(31)27-19-13-21-40(34-9-3,35-10-4)36-11-5/h14-17H,7-13,18-21H2,1-6H3,(H,26,30)(H,27,31). The molecule has 0 heterocycles. The fraction of sp³-hybridized carbons (Fsp3) is 0.680. The molecule has 2 amide bonds. The van der Waals surface area contributed by atoms with E-state index in [1.54, 1.807) is 24.3 Å². The summed E-state index contributed by atoms with van der Waals surface area (Å²) in [6, 6.07) is 1.34. The van der Waals surface area contributed by atoms with E-state index in [9.17, 15) is 9.59 Å². The Balaban J connectivity index is 2.36. The van der Waals surface area contributed by atoms with Crippen molar-refractivity contribution in [1.82, 2.24) is 10.6 Å². The number of allylic oxidation sites excluding steroid dienone is 4. The van der Waals surface area contributed by atoms with E-state index in [2.05, 4.69) is 20.9 Å². The zero-order valence-corrected chi connectivity index (χ0v) is 26.7. The zero-order chi connectivity index (χ0) is 29.7. The molecule has 0 aliphatic heterocycles. The summed E-state index contributed by atoms with van der Waals surface area (Å²) in [5, 5.41) is 12.9. The van der Waals surface area contributed by atoms with Crippen molar-refractivity contribution in [3.63, 3.8) is 0 Å². The highest BCUT2D eigenvalue weighted by Crippen LogP contribution is 2.18. The number of hydrogen-bond acceptors (Lipinski definition) is 11. The normalized spacial score (nSPS) is 13.2. The van der Waals surface area contributed by atoms with Crippen molar-refractivity contribution in [2.45, 2.75) is 66.1 Å². The molecule has 0 radical (unpaired) electrons. The summed E-state index contributed by atoms with van der Waals surface area (Å²) >= 11 is 0. The molecule has 1 rings (SSSR count). The third-order valence-electron chi connectivity index (χ3n) is 5.32. The second-order valence-electron chi connectivity index (χ2n) is 8.50. The minimum Gasteiger partial charge on any atom is -0.395 e. The lowest BCUT2D eigenvalue weighted by molar-refractivity contribution is 0.0706. The Morgan fingerprint density at radius 1 is 0.650 bits per heavy atom. The van der Waals surface area contributed by atoms with E-state index in [0.29, 0.717) is 76.4 Å². The van der Waals surface area contributed by atoms with Gasteiger partial charge >= 0.3 is 29.6 Å². The second kappa shape index (κ2) is 20.5. The Morgan fingerprint density at radius 2 is 1.02 bits per heavy atom. The van der Waals surface area contributed by atoms with Gasteiger partial charge in [0.1, 0.15) is 11.4 Å². The van der Waals surface area contributed by atoms with Gasteiger partial charge in [-0.15, -0.1) is 0 Å². The molecule has 0 aromatic heterocycles. The molecule has 0 saturated heterocycles. The number of carbonyl (C=O) groups is 2. The van der Waals surface area contributed by atoms with Gasteiger partial charge in [0.2, 0.25) is 0 Å². The van der Waals surface area contributed by atoms with Crippen LogP contribution in [0.3, 0.4) is 0 Å². The van der Waals surface area contributed by atoms with Gasteiger partial charge in [-0.2, -0.15) is 0 Å². The lowest BCUT2D eigenvalue weighted by Gasteiger charge is -2.28. The third-order valence-corrected chi connectivity index (χ3v) is 11.5. The average molecular weight is 603 g/mol. The molecule has 0 fully saturated rings. The van der Waals surface area contributed by atoms with Gasteiger partial charge in [0, 0.05) is 52.2 Å². The van der Waals surface area contributed by atoms with E-state index in [0.717, 1.165) is 6.04 Å². The summed E-state index contributed by atoms with van der Waals surface area (Å²) in [5.74, 6) is 0. The monoisotopic (exact) mass is 602 g/mol. The Hall–Kier alpha value is -2.41. The molecule has 1 aliphatic carbocycles. The number of carbonyl (C=O) groups excluding carboxylic acids is 2. The van der Waals surface area contributed by atoms with Crippen LogP contribution in [0.25, 0.3) is 0 Å². The predicted molar refractivity (Wildman–Crippen MR) is 156 cm³/mol. The maximum absolute atomic E-state index is 12.0. The molecule has 0 unspecified atom stereocenters. The predicted octanol–water partition coefficient (Wildman–Crippen LogP) is 4.25. The zero-order valence-electron chi connectivity index (χ0n) is 24.7. The molecular weight excluding hydrogens is 556 g/mol. The van der Waals surface area contributed by atoms with Crippen LogP contribution in [0.5, 0.6) is 0 Å². The summed E-state index contributed by atoms with van der Waals surface area (Å²) in [4.78, 5) is 33.7. The van der Waals surface area contributed by atoms with Gasteiger partial charge in [-0.3, -0.25) is 9.68 Å². The molecule has 1 aliphatic rings. The molecule has 40 heavy (non-hydrogen) atoms. The summed E-state index contributed by atoms with van der Waals surface area (Å²) in [6.07, 6.45) is 6.27. The summed E-state index contributed by atoms with van der Waals surface area (Å²) in [5.41, 5.74) is 0.793. The summed E-state index contributed by atoms with van der Waals surface area (Å²) in [6.45, 7) is 15.1. The average Bonchev–Trinajstić information content (AvgIpc) is 2.92. The van der Waals surface area contributed by atoms with Crippen LogP contribution in [-0.4, -0.2) is 87.1 Å². The third kappa shape index (κ3) is 14.8. The first-order chi connectivity index (χ1) is 19.2. The van der Waals surface area contributed by atoms with Gasteiger partial charge < -0.3 is 32.8 Å². The highest BCUT2D eigenvalue weighted by atomic mass is 28.4. The van der Waals surface area contributed by atoms with E-state index in [-0.39, 0.29) is 0 Å². The molecule has 0 aromatic carbocycles. The van der Waals surface area contributed by atoms with Crippen molar-refractivity contribution in [2.24, 2.45) is 10.3 Å². The molecule has 0 bridgehead atoms. The van der Waals surface area contributed by atoms with Crippen LogP contribution < -0.4 is 10.6 Å². The van der Waals surface area contributed by atoms with E-state index in [1.165, 1.54) is 0 Å². The van der Waals surface area contributed by atoms with Crippen molar-refractivity contribution >= 4 is 41.0 Å². The van der Waals surface area contributed by atoms with E-state index >= 15 is 0 Å².